The molecule has 27 heavy (non-hydrogen) atoms. The highest BCUT2D eigenvalue weighted by Crippen LogP contribution is 2.30. The van der Waals surface area contributed by atoms with Crippen molar-refractivity contribution < 1.29 is 13.6 Å². The molecule has 0 unspecified atom stereocenters. The second-order valence-corrected chi connectivity index (χ2v) is 7.01. The van der Waals surface area contributed by atoms with Gasteiger partial charge in [-0.25, -0.2) is 0 Å². The van der Waals surface area contributed by atoms with Crippen molar-refractivity contribution in [3.63, 3.8) is 0 Å². The van der Waals surface area contributed by atoms with Crippen LogP contribution in [0.15, 0.2) is 74.3 Å². The van der Waals surface area contributed by atoms with Crippen LogP contribution in [0.5, 0.6) is 0 Å². The smallest absolute Gasteiger partial charge is 0.269 e. The summed E-state index contributed by atoms with van der Waals surface area (Å²) in [4.78, 5) is 14.5. The van der Waals surface area contributed by atoms with Crippen LogP contribution in [-0.2, 0) is 17.0 Å². The van der Waals surface area contributed by atoms with E-state index in [0.717, 1.165) is 23.4 Å². The highest BCUT2D eigenvalue weighted by Gasteiger charge is 2.26. The normalized spacial score (nSPS) is 13.4. The molecule has 0 N–H and O–H groups in total. The molecular formula is C21H16N2O3S. The highest BCUT2D eigenvalue weighted by molar-refractivity contribution is 7.98. The Morgan fingerprint density at radius 2 is 2.11 bits per heavy atom. The van der Waals surface area contributed by atoms with Crippen molar-refractivity contribution in [2.24, 2.45) is 0 Å². The van der Waals surface area contributed by atoms with Gasteiger partial charge < -0.3 is 13.7 Å². The average Bonchev–Trinajstić information content (AvgIpc) is 3.44. The van der Waals surface area contributed by atoms with Crippen LogP contribution in [0.1, 0.15) is 17.1 Å². The van der Waals surface area contributed by atoms with Crippen molar-refractivity contribution in [2.75, 3.05) is 11.4 Å². The number of fused-ring (bicyclic) bond motifs is 1. The van der Waals surface area contributed by atoms with E-state index in [0.29, 0.717) is 23.2 Å². The summed E-state index contributed by atoms with van der Waals surface area (Å²) in [5, 5.41) is 10.2. The Bertz CT molecular complexity index is 1030. The van der Waals surface area contributed by atoms with E-state index in [-0.39, 0.29) is 11.5 Å². The Balaban J connectivity index is 1.49. The number of hydrogen-bond acceptors (Lipinski definition) is 5. The van der Waals surface area contributed by atoms with E-state index in [1.165, 1.54) is 17.8 Å². The quantitative estimate of drug-likeness (QED) is 0.368. The minimum atomic E-state index is -0.302. The summed E-state index contributed by atoms with van der Waals surface area (Å²) in [5.74, 6) is 1.69. The predicted octanol–water partition coefficient (Wildman–Crippen LogP) is 4.66. The van der Waals surface area contributed by atoms with Crippen molar-refractivity contribution in [3.8, 4) is 6.07 Å². The fourth-order valence-corrected chi connectivity index (χ4v) is 3.77. The fourth-order valence-electron chi connectivity index (χ4n) is 3.01. The number of rotatable bonds is 5. The highest BCUT2D eigenvalue weighted by atomic mass is 32.2. The van der Waals surface area contributed by atoms with E-state index in [1.807, 2.05) is 48.5 Å². The van der Waals surface area contributed by atoms with Gasteiger partial charge in [-0.05, 0) is 42.3 Å². The summed E-state index contributed by atoms with van der Waals surface area (Å²) in [6.45, 7) is 0.583. The molecule has 3 aromatic rings. The first-order valence-electron chi connectivity index (χ1n) is 8.51. The molecule has 0 aliphatic carbocycles. The predicted molar refractivity (Wildman–Crippen MR) is 103 cm³/mol. The first-order valence-corrected chi connectivity index (χ1v) is 9.50. The minimum absolute atomic E-state index is 0.0589. The minimum Gasteiger partial charge on any atom is -0.468 e. The van der Waals surface area contributed by atoms with Gasteiger partial charge in [0.05, 0.1) is 12.0 Å². The number of carbonyl (C=O) groups excluding carboxylic acids is 1. The number of amides is 1. The van der Waals surface area contributed by atoms with Gasteiger partial charge in [0.25, 0.3) is 5.91 Å². The molecule has 0 saturated carbocycles. The largest absolute Gasteiger partial charge is 0.468 e. The Morgan fingerprint density at radius 1 is 1.22 bits per heavy atom. The number of para-hydroxylation sites is 1. The lowest BCUT2D eigenvalue weighted by Gasteiger charge is -2.16. The third-order valence-electron chi connectivity index (χ3n) is 4.31. The van der Waals surface area contributed by atoms with Gasteiger partial charge in [0, 0.05) is 18.3 Å². The van der Waals surface area contributed by atoms with E-state index in [4.69, 9.17) is 8.83 Å². The van der Waals surface area contributed by atoms with E-state index in [9.17, 15) is 10.1 Å². The van der Waals surface area contributed by atoms with Crippen molar-refractivity contribution in [1.29, 1.82) is 5.26 Å². The molecule has 0 spiro atoms. The van der Waals surface area contributed by atoms with E-state index in [1.54, 1.807) is 17.2 Å². The lowest BCUT2D eigenvalue weighted by Crippen LogP contribution is -2.29. The lowest BCUT2D eigenvalue weighted by atomic mass is 10.1. The van der Waals surface area contributed by atoms with Gasteiger partial charge in [-0.1, -0.05) is 30.0 Å². The monoisotopic (exact) mass is 376 g/mol. The van der Waals surface area contributed by atoms with Gasteiger partial charge in [0.1, 0.15) is 23.2 Å². The second-order valence-electron chi connectivity index (χ2n) is 6.03. The summed E-state index contributed by atoms with van der Waals surface area (Å²) in [7, 11) is 0. The number of benzene rings is 1. The van der Waals surface area contributed by atoms with Crippen molar-refractivity contribution in [3.05, 3.63) is 77.5 Å². The summed E-state index contributed by atoms with van der Waals surface area (Å²) in [5.41, 5.74) is 2.05. The van der Waals surface area contributed by atoms with E-state index in [2.05, 4.69) is 0 Å². The maximum absolute atomic E-state index is 12.8. The molecular weight excluding hydrogens is 360 g/mol. The van der Waals surface area contributed by atoms with Crippen LogP contribution >= 0.6 is 11.8 Å². The van der Waals surface area contributed by atoms with E-state index < -0.39 is 0 Å². The molecule has 5 nitrogen and oxygen atoms in total. The summed E-state index contributed by atoms with van der Waals surface area (Å²) < 4.78 is 11.0. The summed E-state index contributed by atoms with van der Waals surface area (Å²) in [6, 6.07) is 17.1. The Morgan fingerprint density at radius 3 is 2.93 bits per heavy atom. The first kappa shape index (κ1) is 17.3. The molecule has 0 bridgehead atoms. The molecule has 1 amide bonds. The molecule has 0 radical (unpaired) electrons. The molecule has 4 rings (SSSR count). The summed E-state index contributed by atoms with van der Waals surface area (Å²) in [6.07, 6.45) is 3.93. The molecule has 2 aromatic heterocycles. The third kappa shape index (κ3) is 3.69. The Kier molecular flexibility index (Phi) is 4.86. The van der Waals surface area contributed by atoms with Gasteiger partial charge in [-0.3, -0.25) is 4.79 Å². The zero-order valence-corrected chi connectivity index (χ0v) is 15.2. The molecule has 0 fully saturated rings. The van der Waals surface area contributed by atoms with Gasteiger partial charge in [-0.15, -0.1) is 0 Å². The zero-order chi connectivity index (χ0) is 18.6. The van der Waals surface area contributed by atoms with Gasteiger partial charge in [-0.2, -0.15) is 5.26 Å². The molecule has 0 saturated heterocycles. The average molecular weight is 376 g/mol. The maximum Gasteiger partial charge on any atom is 0.269 e. The van der Waals surface area contributed by atoms with Crippen molar-refractivity contribution in [1.82, 2.24) is 0 Å². The number of nitriles is 1. The zero-order valence-electron chi connectivity index (χ0n) is 14.4. The van der Waals surface area contributed by atoms with Gasteiger partial charge in [0.15, 0.2) is 5.09 Å². The number of nitrogens with zero attached hydrogens (tertiary/aromatic N) is 2. The number of carbonyl (C=O) groups is 1. The lowest BCUT2D eigenvalue weighted by molar-refractivity contribution is -0.114. The molecule has 1 aliphatic rings. The molecule has 0 atom stereocenters. The molecule has 1 aromatic carbocycles. The van der Waals surface area contributed by atoms with Crippen LogP contribution in [0.3, 0.4) is 0 Å². The van der Waals surface area contributed by atoms with Gasteiger partial charge in [0.2, 0.25) is 0 Å². The van der Waals surface area contributed by atoms with Gasteiger partial charge >= 0.3 is 0 Å². The topological polar surface area (TPSA) is 70.4 Å². The SMILES string of the molecule is N#C/C(=C\c1ccc(SCc2ccco2)o1)C(=O)N1CCc2ccccc21. The standard InChI is InChI=1S/C21H16N2O3S/c22-13-16(21(24)23-10-9-15-4-1-2-6-19(15)23)12-17-7-8-20(26-17)27-14-18-5-3-11-25-18/h1-8,11-12H,9-10,14H2/b16-12+. The Hall–Kier alpha value is -3.17. The van der Waals surface area contributed by atoms with Crippen molar-refractivity contribution >= 4 is 29.4 Å². The second kappa shape index (κ2) is 7.60. The fraction of sp³-hybridized carbons (Fsp3) is 0.143. The van der Waals surface area contributed by atoms with Crippen LogP contribution in [-0.4, -0.2) is 12.5 Å². The molecule has 3 heterocycles. The van der Waals surface area contributed by atoms with Crippen LogP contribution in [0.2, 0.25) is 0 Å². The number of thioether (sulfide) groups is 1. The van der Waals surface area contributed by atoms with Crippen LogP contribution in [0, 0.1) is 11.3 Å². The maximum atomic E-state index is 12.8. The summed E-state index contributed by atoms with van der Waals surface area (Å²) >= 11 is 1.49. The number of furan rings is 2. The molecule has 134 valence electrons. The van der Waals surface area contributed by atoms with Crippen LogP contribution in [0.25, 0.3) is 6.08 Å². The molecule has 1 aliphatic heterocycles. The van der Waals surface area contributed by atoms with E-state index >= 15 is 0 Å². The van der Waals surface area contributed by atoms with Crippen LogP contribution < -0.4 is 4.90 Å². The van der Waals surface area contributed by atoms with Crippen molar-refractivity contribution in [2.45, 2.75) is 17.3 Å². The third-order valence-corrected chi connectivity index (χ3v) is 5.24. The van der Waals surface area contributed by atoms with Crippen LogP contribution in [0.4, 0.5) is 5.69 Å². The molecule has 6 heteroatoms. The first-order chi connectivity index (χ1) is 13.2. The Labute approximate surface area is 160 Å². The number of anilines is 1. The number of hydrogen-bond donors (Lipinski definition) is 0.